The van der Waals surface area contributed by atoms with Gasteiger partial charge in [-0.1, -0.05) is 31.2 Å². The lowest BCUT2D eigenvalue weighted by atomic mass is 9.96. The number of nitrogens with zero attached hydrogens (tertiary/aromatic N) is 3. The van der Waals surface area contributed by atoms with E-state index in [-0.39, 0.29) is 17.4 Å². The number of carbonyl (C=O) groups excluding carboxylic acids is 1. The van der Waals surface area contributed by atoms with Crippen LogP contribution in [0.2, 0.25) is 0 Å². The molecule has 0 saturated carbocycles. The molecule has 0 fully saturated rings. The van der Waals surface area contributed by atoms with Crippen LogP contribution in [-0.4, -0.2) is 27.3 Å². The number of halogens is 1. The van der Waals surface area contributed by atoms with Gasteiger partial charge in [0.05, 0.1) is 10.9 Å². The molecule has 1 atom stereocenters. The molecule has 0 bridgehead atoms. The largest absolute Gasteiger partial charge is 0.440 e. The van der Waals surface area contributed by atoms with Crippen molar-refractivity contribution in [1.82, 2.24) is 14.9 Å². The van der Waals surface area contributed by atoms with E-state index in [1.54, 1.807) is 43.3 Å². The summed E-state index contributed by atoms with van der Waals surface area (Å²) in [6, 6.07) is 12.1. The van der Waals surface area contributed by atoms with Crippen LogP contribution in [0, 0.1) is 19.7 Å². The van der Waals surface area contributed by atoms with Crippen LogP contribution in [0.15, 0.2) is 64.7 Å². The summed E-state index contributed by atoms with van der Waals surface area (Å²) >= 11 is 1.51. The highest BCUT2D eigenvalue weighted by molar-refractivity contribution is 7.13. The Morgan fingerprint density at radius 3 is 2.69 bits per heavy atom. The Hall–Kier alpha value is -3.32. The van der Waals surface area contributed by atoms with Crippen molar-refractivity contribution in [2.75, 3.05) is 6.54 Å². The highest BCUT2D eigenvalue weighted by Gasteiger charge is 2.31. The molecule has 0 aliphatic heterocycles. The lowest BCUT2D eigenvalue weighted by molar-refractivity contribution is 0.0698. The standard InChI is InChI=1S/C25H24FN3O2S/c1-4-12-29(25(30)22-17(3)31-24(28-22)21-8-6-13-32-21)23(19-7-5-11-27-15-19)18-9-10-20(26)16(2)14-18/h5-11,13-15,23H,4,12H2,1-3H3/t23-/m1/s1. The van der Waals surface area contributed by atoms with Crippen LogP contribution in [0.25, 0.3) is 10.8 Å². The van der Waals surface area contributed by atoms with E-state index < -0.39 is 6.04 Å². The second-order valence-electron chi connectivity index (χ2n) is 7.60. The molecule has 4 rings (SSSR count). The number of pyridine rings is 1. The summed E-state index contributed by atoms with van der Waals surface area (Å²) in [6.45, 7) is 5.99. The van der Waals surface area contributed by atoms with Gasteiger partial charge in [0, 0.05) is 18.9 Å². The van der Waals surface area contributed by atoms with Crippen LogP contribution in [0.4, 0.5) is 4.39 Å². The number of thiophene rings is 1. The van der Waals surface area contributed by atoms with Crippen LogP contribution >= 0.6 is 11.3 Å². The van der Waals surface area contributed by atoms with Crippen LogP contribution in [0.5, 0.6) is 0 Å². The quantitative estimate of drug-likeness (QED) is 0.337. The Kier molecular flexibility index (Phi) is 6.46. The van der Waals surface area contributed by atoms with E-state index in [1.165, 1.54) is 17.4 Å². The first kappa shape index (κ1) is 21.9. The first-order valence-corrected chi connectivity index (χ1v) is 11.4. The summed E-state index contributed by atoms with van der Waals surface area (Å²) in [7, 11) is 0. The molecule has 0 N–H and O–H groups in total. The highest BCUT2D eigenvalue weighted by Crippen LogP contribution is 2.33. The highest BCUT2D eigenvalue weighted by atomic mass is 32.1. The molecule has 3 aromatic heterocycles. The third-order valence-corrected chi connectivity index (χ3v) is 6.12. The van der Waals surface area contributed by atoms with E-state index in [0.717, 1.165) is 22.4 Å². The predicted molar refractivity (Wildman–Crippen MR) is 123 cm³/mol. The van der Waals surface area contributed by atoms with Crippen LogP contribution in [0.3, 0.4) is 0 Å². The zero-order valence-corrected chi connectivity index (χ0v) is 19.0. The normalized spacial score (nSPS) is 12.0. The molecule has 0 aliphatic carbocycles. The summed E-state index contributed by atoms with van der Waals surface area (Å²) in [6.07, 6.45) is 4.18. The number of carbonyl (C=O) groups is 1. The summed E-state index contributed by atoms with van der Waals surface area (Å²) in [5.74, 6) is 0.402. The molecule has 0 spiro atoms. The fourth-order valence-electron chi connectivity index (χ4n) is 3.75. The van der Waals surface area contributed by atoms with Crippen molar-refractivity contribution in [2.45, 2.75) is 33.2 Å². The van der Waals surface area contributed by atoms with Crippen molar-refractivity contribution in [3.63, 3.8) is 0 Å². The van der Waals surface area contributed by atoms with Gasteiger partial charge in [-0.2, -0.15) is 0 Å². The van der Waals surface area contributed by atoms with E-state index in [2.05, 4.69) is 9.97 Å². The van der Waals surface area contributed by atoms with Crippen molar-refractivity contribution in [3.05, 3.63) is 94.2 Å². The molecule has 32 heavy (non-hydrogen) atoms. The van der Waals surface area contributed by atoms with Gasteiger partial charge in [0.15, 0.2) is 5.69 Å². The van der Waals surface area contributed by atoms with E-state index in [4.69, 9.17) is 4.42 Å². The number of rotatable bonds is 7. The Morgan fingerprint density at radius 2 is 2.03 bits per heavy atom. The molecule has 3 heterocycles. The summed E-state index contributed by atoms with van der Waals surface area (Å²) in [4.78, 5) is 25.2. The molecule has 5 nitrogen and oxygen atoms in total. The van der Waals surface area contributed by atoms with Crippen molar-refractivity contribution < 1.29 is 13.6 Å². The molecule has 1 aromatic carbocycles. The number of oxazole rings is 1. The van der Waals surface area contributed by atoms with E-state index in [1.807, 2.05) is 36.6 Å². The first-order chi connectivity index (χ1) is 15.5. The maximum absolute atomic E-state index is 14.0. The van der Waals surface area contributed by atoms with Crippen molar-refractivity contribution in [1.29, 1.82) is 0 Å². The zero-order chi connectivity index (χ0) is 22.7. The average molecular weight is 450 g/mol. The molecule has 1 amide bonds. The minimum absolute atomic E-state index is 0.230. The SMILES string of the molecule is CCCN(C(=O)c1nc(-c2cccs2)oc1C)[C@@H](c1cccnc1)c1ccc(F)c(C)c1. The fourth-order valence-corrected chi connectivity index (χ4v) is 4.40. The maximum Gasteiger partial charge on any atom is 0.276 e. The van der Waals surface area contributed by atoms with E-state index in [0.29, 0.717) is 23.8 Å². The molecule has 0 unspecified atom stereocenters. The van der Waals surface area contributed by atoms with E-state index in [9.17, 15) is 9.18 Å². The van der Waals surface area contributed by atoms with Crippen molar-refractivity contribution in [3.8, 4) is 10.8 Å². The number of hydrogen-bond donors (Lipinski definition) is 0. The molecule has 0 aliphatic rings. The van der Waals surface area contributed by atoms with Gasteiger partial charge >= 0.3 is 0 Å². The molecule has 0 radical (unpaired) electrons. The number of aromatic nitrogens is 2. The van der Waals surface area contributed by atoms with Crippen molar-refractivity contribution in [2.24, 2.45) is 0 Å². The Labute approximate surface area is 190 Å². The van der Waals surface area contributed by atoms with Crippen LogP contribution < -0.4 is 0 Å². The summed E-state index contributed by atoms with van der Waals surface area (Å²) in [5.41, 5.74) is 2.48. The number of amides is 1. The monoisotopic (exact) mass is 449 g/mol. The predicted octanol–water partition coefficient (Wildman–Crippen LogP) is 6.20. The Bertz CT molecular complexity index is 1210. The van der Waals surface area contributed by atoms with Crippen LogP contribution in [-0.2, 0) is 0 Å². The summed E-state index contributed by atoms with van der Waals surface area (Å²) < 4.78 is 19.8. The van der Waals surface area contributed by atoms with Crippen LogP contribution in [0.1, 0.15) is 52.3 Å². The Morgan fingerprint density at radius 1 is 1.19 bits per heavy atom. The zero-order valence-electron chi connectivity index (χ0n) is 18.2. The van der Waals surface area contributed by atoms with Gasteiger partial charge in [-0.25, -0.2) is 9.37 Å². The molecule has 164 valence electrons. The first-order valence-electron chi connectivity index (χ1n) is 10.5. The molecule has 0 saturated heterocycles. The van der Waals surface area contributed by atoms with Gasteiger partial charge in [-0.05, 0) is 60.5 Å². The van der Waals surface area contributed by atoms with Gasteiger partial charge in [0.1, 0.15) is 11.6 Å². The minimum Gasteiger partial charge on any atom is -0.440 e. The Balaban J connectivity index is 1.80. The third-order valence-electron chi connectivity index (χ3n) is 5.27. The summed E-state index contributed by atoms with van der Waals surface area (Å²) in [5, 5.41) is 1.94. The van der Waals surface area contributed by atoms with Gasteiger partial charge in [-0.15, -0.1) is 11.3 Å². The second kappa shape index (κ2) is 9.44. The lowest BCUT2D eigenvalue weighted by Crippen LogP contribution is -2.37. The molecule has 4 aromatic rings. The lowest BCUT2D eigenvalue weighted by Gasteiger charge is -2.32. The molecular formula is C25H24FN3O2S. The van der Waals surface area contributed by atoms with Gasteiger partial charge in [0.25, 0.3) is 5.91 Å². The number of hydrogen-bond acceptors (Lipinski definition) is 5. The average Bonchev–Trinajstić information content (AvgIpc) is 3.46. The molecular weight excluding hydrogens is 425 g/mol. The maximum atomic E-state index is 14.0. The second-order valence-corrected chi connectivity index (χ2v) is 8.54. The fraction of sp³-hybridized carbons (Fsp3) is 0.240. The molecule has 7 heteroatoms. The number of aryl methyl sites for hydroxylation is 2. The number of benzene rings is 1. The van der Waals surface area contributed by atoms with Crippen molar-refractivity contribution >= 4 is 17.2 Å². The smallest absolute Gasteiger partial charge is 0.276 e. The van der Waals surface area contributed by atoms with Gasteiger partial charge in [-0.3, -0.25) is 9.78 Å². The van der Waals surface area contributed by atoms with Gasteiger partial charge in [0.2, 0.25) is 5.89 Å². The minimum atomic E-state index is -0.434. The third kappa shape index (κ3) is 4.34. The topological polar surface area (TPSA) is 59.2 Å². The van der Waals surface area contributed by atoms with Gasteiger partial charge < -0.3 is 9.32 Å². The van der Waals surface area contributed by atoms with E-state index >= 15 is 0 Å².